The highest BCUT2D eigenvalue weighted by Crippen LogP contribution is 2.37. The molecule has 1 aliphatic rings. The number of H-pyrrole nitrogens is 1. The Morgan fingerprint density at radius 3 is 2.56 bits per heavy atom. The topological polar surface area (TPSA) is 73.4 Å². The molecule has 1 saturated heterocycles. The largest absolute Gasteiger partial charge is 0.396 e. The molecule has 2 heterocycles. The maximum absolute atomic E-state index is 12.7. The van der Waals surface area contributed by atoms with Crippen LogP contribution in [0, 0.1) is 5.41 Å². The Morgan fingerprint density at radius 1 is 1.24 bits per heavy atom. The van der Waals surface area contributed by atoms with Gasteiger partial charge in [-0.05, 0) is 18.9 Å². The van der Waals surface area contributed by atoms with Crippen LogP contribution in [0.5, 0.6) is 0 Å². The minimum atomic E-state index is -2.50. The molecule has 1 fully saturated rings. The fourth-order valence-electron chi connectivity index (χ4n) is 3.46. The van der Waals surface area contributed by atoms with Crippen molar-refractivity contribution < 1.29 is 23.5 Å². The number of carbonyl (C=O) groups is 2. The van der Waals surface area contributed by atoms with Gasteiger partial charge < -0.3 is 15.0 Å². The molecule has 25 heavy (non-hydrogen) atoms. The quantitative estimate of drug-likeness (QED) is 0.643. The van der Waals surface area contributed by atoms with E-state index in [1.165, 1.54) is 11.1 Å². The summed E-state index contributed by atoms with van der Waals surface area (Å²) in [5, 5.41) is 10.2. The van der Waals surface area contributed by atoms with Gasteiger partial charge in [-0.3, -0.25) is 9.59 Å². The van der Waals surface area contributed by atoms with E-state index in [2.05, 4.69) is 4.98 Å². The number of ketones is 1. The summed E-state index contributed by atoms with van der Waals surface area (Å²) in [6.45, 7) is 0.0518. The summed E-state index contributed by atoms with van der Waals surface area (Å²) in [5.41, 5.74) is 0.218. The molecule has 0 bridgehead atoms. The Kier molecular flexibility index (Phi) is 4.85. The van der Waals surface area contributed by atoms with Gasteiger partial charge in [-0.25, -0.2) is 8.78 Å². The zero-order valence-corrected chi connectivity index (χ0v) is 13.7. The number of para-hydroxylation sites is 1. The van der Waals surface area contributed by atoms with E-state index in [9.17, 15) is 23.5 Å². The zero-order valence-electron chi connectivity index (χ0n) is 13.7. The van der Waals surface area contributed by atoms with Crippen molar-refractivity contribution in [2.75, 3.05) is 19.7 Å². The number of carbonyl (C=O) groups excluding carboxylic acids is 2. The van der Waals surface area contributed by atoms with Gasteiger partial charge in [0.2, 0.25) is 6.43 Å². The number of aromatic nitrogens is 1. The van der Waals surface area contributed by atoms with Gasteiger partial charge in [0.1, 0.15) is 0 Å². The van der Waals surface area contributed by atoms with E-state index in [1.807, 2.05) is 12.1 Å². The van der Waals surface area contributed by atoms with Gasteiger partial charge in [0.15, 0.2) is 0 Å². The number of piperidine rings is 1. The summed E-state index contributed by atoms with van der Waals surface area (Å²) >= 11 is 0. The molecule has 1 aromatic carbocycles. The van der Waals surface area contributed by atoms with Crippen molar-refractivity contribution in [3.63, 3.8) is 0 Å². The second kappa shape index (κ2) is 6.92. The minimum Gasteiger partial charge on any atom is -0.396 e. The third-order valence-corrected chi connectivity index (χ3v) is 5.06. The first-order valence-corrected chi connectivity index (χ1v) is 8.24. The van der Waals surface area contributed by atoms with E-state index in [4.69, 9.17) is 0 Å². The van der Waals surface area contributed by atoms with Crippen LogP contribution in [0.4, 0.5) is 8.78 Å². The molecule has 0 aliphatic carbocycles. The van der Waals surface area contributed by atoms with Crippen LogP contribution in [0.2, 0.25) is 0 Å². The lowest BCUT2D eigenvalue weighted by Crippen LogP contribution is -2.47. The van der Waals surface area contributed by atoms with Crippen LogP contribution in [-0.2, 0) is 4.79 Å². The SMILES string of the molecule is O=C(C(=O)N1CCC(CO)(CC(F)F)CC1)c1c[nH]c2ccccc12. The number of aromatic amines is 1. The molecule has 5 nitrogen and oxygen atoms in total. The number of alkyl halides is 2. The van der Waals surface area contributed by atoms with Gasteiger partial charge in [0.25, 0.3) is 11.7 Å². The van der Waals surface area contributed by atoms with Crippen molar-refractivity contribution in [2.45, 2.75) is 25.7 Å². The Hall–Kier alpha value is -2.28. The average Bonchev–Trinajstić information content (AvgIpc) is 3.04. The highest BCUT2D eigenvalue weighted by Gasteiger charge is 2.39. The summed E-state index contributed by atoms with van der Waals surface area (Å²) in [5.74, 6) is -1.24. The molecule has 1 amide bonds. The van der Waals surface area contributed by atoms with E-state index in [-0.39, 0.29) is 39.0 Å². The zero-order chi connectivity index (χ0) is 18.0. The number of aliphatic hydroxyl groups is 1. The summed E-state index contributed by atoms with van der Waals surface area (Å²) in [7, 11) is 0. The fraction of sp³-hybridized carbons (Fsp3) is 0.444. The van der Waals surface area contributed by atoms with Gasteiger partial charge in [0.05, 0.1) is 5.56 Å². The molecular weight excluding hydrogens is 330 g/mol. The van der Waals surface area contributed by atoms with E-state index in [1.54, 1.807) is 12.1 Å². The lowest BCUT2D eigenvalue weighted by Gasteiger charge is -2.40. The maximum atomic E-state index is 12.7. The summed E-state index contributed by atoms with van der Waals surface area (Å²) in [6.07, 6.45) is -0.838. The predicted octanol–water partition coefficient (Wildman–Crippen LogP) is 2.61. The Bertz CT molecular complexity index is 779. The third-order valence-electron chi connectivity index (χ3n) is 5.06. The molecule has 0 radical (unpaired) electrons. The molecule has 1 aliphatic heterocycles. The second-order valence-electron chi connectivity index (χ2n) is 6.62. The van der Waals surface area contributed by atoms with Crippen LogP contribution in [-0.4, -0.2) is 52.8 Å². The fourth-order valence-corrected chi connectivity index (χ4v) is 3.46. The van der Waals surface area contributed by atoms with Gasteiger partial charge in [-0.2, -0.15) is 0 Å². The first-order chi connectivity index (χ1) is 12.0. The molecule has 3 rings (SSSR count). The Labute approximate surface area is 143 Å². The number of fused-ring (bicyclic) bond motifs is 1. The van der Waals surface area contributed by atoms with Crippen LogP contribution in [0.1, 0.15) is 29.6 Å². The lowest BCUT2D eigenvalue weighted by atomic mass is 9.76. The van der Waals surface area contributed by atoms with Gasteiger partial charge in [0, 0.05) is 48.6 Å². The third kappa shape index (κ3) is 3.42. The van der Waals surface area contributed by atoms with Crippen LogP contribution < -0.4 is 0 Å². The van der Waals surface area contributed by atoms with Crippen molar-refractivity contribution in [1.29, 1.82) is 0 Å². The van der Waals surface area contributed by atoms with Crippen molar-refractivity contribution in [3.05, 3.63) is 36.0 Å². The number of rotatable bonds is 5. The monoisotopic (exact) mass is 350 g/mol. The molecule has 0 unspecified atom stereocenters. The molecule has 7 heteroatoms. The lowest BCUT2D eigenvalue weighted by molar-refractivity contribution is -0.129. The van der Waals surface area contributed by atoms with Gasteiger partial charge in [-0.15, -0.1) is 0 Å². The van der Waals surface area contributed by atoms with E-state index >= 15 is 0 Å². The molecule has 134 valence electrons. The molecule has 2 aromatic rings. The van der Waals surface area contributed by atoms with E-state index in [0.717, 1.165) is 5.52 Å². The highest BCUT2D eigenvalue weighted by molar-refractivity contribution is 6.44. The normalized spacial score (nSPS) is 17.2. The number of nitrogens with zero attached hydrogens (tertiary/aromatic N) is 1. The van der Waals surface area contributed by atoms with Gasteiger partial charge >= 0.3 is 0 Å². The molecular formula is C18H20F2N2O3. The first kappa shape index (κ1) is 17.5. The van der Waals surface area contributed by atoms with E-state index in [0.29, 0.717) is 10.9 Å². The molecule has 0 atom stereocenters. The smallest absolute Gasteiger partial charge is 0.295 e. The summed E-state index contributed by atoms with van der Waals surface area (Å²) < 4.78 is 25.4. The van der Waals surface area contributed by atoms with Crippen molar-refractivity contribution in [2.24, 2.45) is 5.41 Å². The van der Waals surface area contributed by atoms with Crippen molar-refractivity contribution in [3.8, 4) is 0 Å². The average molecular weight is 350 g/mol. The Morgan fingerprint density at radius 2 is 1.92 bits per heavy atom. The number of amides is 1. The predicted molar refractivity (Wildman–Crippen MR) is 88.6 cm³/mol. The molecule has 0 saturated carbocycles. The number of likely N-dealkylation sites (tertiary alicyclic amines) is 1. The number of Topliss-reactive ketones (excluding diaryl/α,β-unsaturated/α-hetero) is 1. The summed E-state index contributed by atoms with van der Waals surface area (Å²) in [4.78, 5) is 29.4. The van der Waals surface area contributed by atoms with Crippen LogP contribution >= 0.6 is 0 Å². The molecule has 1 aromatic heterocycles. The number of hydrogen-bond donors (Lipinski definition) is 2. The van der Waals surface area contributed by atoms with Crippen LogP contribution in [0.25, 0.3) is 10.9 Å². The second-order valence-corrected chi connectivity index (χ2v) is 6.62. The Balaban J connectivity index is 1.71. The molecule has 0 spiro atoms. The number of hydrogen-bond acceptors (Lipinski definition) is 3. The standard InChI is InChI=1S/C18H20F2N2O3/c19-15(20)9-18(11-23)5-7-22(8-6-18)17(25)16(24)13-10-21-14-4-2-1-3-12(13)14/h1-4,10,15,21,23H,5-9,11H2. The molecule has 2 N–H and O–H groups in total. The number of halogens is 2. The number of nitrogens with one attached hydrogen (secondary N) is 1. The van der Waals surface area contributed by atoms with E-state index < -0.39 is 23.5 Å². The number of benzene rings is 1. The summed E-state index contributed by atoms with van der Waals surface area (Å²) in [6, 6.07) is 7.20. The van der Waals surface area contributed by atoms with Crippen LogP contribution in [0.3, 0.4) is 0 Å². The first-order valence-electron chi connectivity index (χ1n) is 8.24. The minimum absolute atomic E-state index is 0.195. The van der Waals surface area contributed by atoms with Crippen molar-refractivity contribution >= 4 is 22.6 Å². The van der Waals surface area contributed by atoms with Crippen LogP contribution in [0.15, 0.2) is 30.5 Å². The van der Waals surface area contributed by atoms with Gasteiger partial charge in [-0.1, -0.05) is 18.2 Å². The number of aliphatic hydroxyl groups excluding tert-OH is 1. The highest BCUT2D eigenvalue weighted by atomic mass is 19.3. The maximum Gasteiger partial charge on any atom is 0.295 e. The van der Waals surface area contributed by atoms with Crippen molar-refractivity contribution in [1.82, 2.24) is 9.88 Å².